The average Bonchev–Trinajstić information content (AvgIpc) is 2.41. The van der Waals surface area contributed by atoms with E-state index in [1.807, 2.05) is 0 Å². The van der Waals surface area contributed by atoms with Crippen LogP contribution in [0.25, 0.3) is 0 Å². The number of carboxylic acids is 1. The molecule has 21 heavy (non-hydrogen) atoms. The maximum absolute atomic E-state index is 11.5. The molecule has 0 aliphatic carbocycles. The van der Waals surface area contributed by atoms with Gasteiger partial charge in [0, 0.05) is 6.42 Å². The fourth-order valence-electron chi connectivity index (χ4n) is 2.08. The highest BCUT2D eigenvalue weighted by Crippen LogP contribution is 2.28. The number of benzene rings is 1. The summed E-state index contributed by atoms with van der Waals surface area (Å²) >= 11 is 0. The van der Waals surface area contributed by atoms with E-state index >= 15 is 0 Å². The van der Waals surface area contributed by atoms with Crippen molar-refractivity contribution in [2.45, 2.75) is 45.4 Å². The van der Waals surface area contributed by atoms with Crippen LogP contribution in [-0.2, 0) is 4.79 Å². The number of ketones is 1. The topological polar surface area (TPSA) is 83.8 Å². The van der Waals surface area contributed by atoms with Crippen LogP contribution in [0.3, 0.4) is 0 Å². The zero-order valence-corrected chi connectivity index (χ0v) is 12.3. The van der Waals surface area contributed by atoms with Crippen molar-refractivity contribution in [3.8, 4) is 11.5 Å². The van der Waals surface area contributed by atoms with E-state index in [1.54, 1.807) is 12.1 Å². The zero-order valence-electron chi connectivity index (χ0n) is 12.3. The van der Waals surface area contributed by atoms with Gasteiger partial charge in [0.05, 0.1) is 6.61 Å². The molecule has 0 aliphatic rings. The third-order valence-corrected chi connectivity index (χ3v) is 3.15. The number of carbonyl (C=O) groups excluding carboxylic acids is 1. The predicted octanol–water partition coefficient (Wildman–Crippen LogP) is 3.40. The Morgan fingerprint density at radius 3 is 2.43 bits per heavy atom. The van der Waals surface area contributed by atoms with Crippen molar-refractivity contribution in [1.82, 2.24) is 0 Å². The maximum Gasteiger partial charge on any atom is 0.303 e. The van der Waals surface area contributed by atoms with Crippen LogP contribution < -0.4 is 4.74 Å². The minimum Gasteiger partial charge on any atom is -0.507 e. The smallest absolute Gasteiger partial charge is 0.303 e. The highest BCUT2D eigenvalue weighted by Gasteiger charge is 2.13. The van der Waals surface area contributed by atoms with Crippen LogP contribution >= 0.6 is 0 Å². The molecular formula is C16H22O5. The number of aliphatic carboxylic acids is 1. The SMILES string of the molecule is CC(=O)c1c(O)cccc1OCCCCCCCC(=O)O. The van der Waals surface area contributed by atoms with Crippen molar-refractivity contribution in [1.29, 1.82) is 0 Å². The molecule has 0 saturated heterocycles. The number of rotatable bonds is 10. The van der Waals surface area contributed by atoms with Crippen LogP contribution in [0.4, 0.5) is 0 Å². The second-order valence-electron chi connectivity index (χ2n) is 4.97. The number of ether oxygens (including phenoxy) is 1. The first-order valence-corrected chi connectivity index (χ1v) is 7.20. The van der Waals surface area contributed by atoms with E-state index in [-0.39, 0.29) is 23.5 Å². The number of carboxylic acid groups (broad SMARTS) is 1. The number of hydrogen-bond acceptors (Lipinski definition) is 4. The molecule has 0 spiro atoms. The Kier molecular flexibility index (Phi) is 7.29. The number of Topliss-reactive ketones (excluding diaryl/α,β-unsaturated/α-hetero) is 1. The van der Waals surface area contributed by atoms with E-state index < -0.39 is 5.97 Å². The first-order valence-electron chi connectivity index (χ1n) is 7.20. The van der Waals surface area contributed by atoms with Gasteiger partial charge in [-0.2, -0.15) is 0 Å². The molecule has 0 unspecified atom stereocenters. The number of aromatic hydroxyl groups is 1. The molecule has 1 aromatic carbocycles. The van der Waals surface area contributed by atoms with Crippen LogP contribution in [0.15, 0.2) is 18.2 Å². The van der Waals surface area contributed by atoms with Crippen molar-refractivity contribution in [3.05, 3.63) is 23.8 Å². The molecule has 0 amide bonds. The Balaban J connectivity index is 2.26. The molecule has 116 valence electrons. The largest absolute Gasteiger partial charge is 0.507 e. The molecule has 0 radical (unpaired) electrons. The third-order valence-electron chi connectivity index (χ3n) is 3.15. The summed E-state index contributed by atoms with van der Waals surface area (Å²) in [5.74, 6) is -0.627. The van der Waals surface area contributed by atoms with Gasteiger partial charge in [-0.1, -0.05) is 25.3 Å². The molecular weight excluding hydrogens is 272 g/mol. The summed E-state index contributed by atoms with van der Waals surface area (Å²) in [4.78, 5) is 21.8. The van der Waals surface area contributed by atoms with Crippen molar-refractivity contribution in [3.63, 3.8) is 0 Å². The molecule has 0 aromatic heterocycles. The summed E-state index contributed by atoms with van der Waals surface area (Å²) in [5, 5.41) is 18.2. The number of phenols is 1. The first kappa shape index (κ1) is 17.0. The molecule has 1 rings (SSSR count). The second-order valence-corrected chi connectivity index (χ2v) is 4.97. The molecule has 0 atom stereocenters. The van der Waals surface area contributed by atoms with E-state index in [4.69, 9.17) is 9.84 Å². The van der Waals surface area contributed by atoms with Crippen molar-refractivity contribution in [2.75, 3.05) is 6.61 Å². The van der Waals surface area contributed by atoms with Gasteiger partial charge in [-0.3, -0.25) is 9.59 Å². The van der Waals surface area contributed by atoms with Gasteiger partial charge in [-0.15, -0.1) is 0 Å². The summed E-state index contributed by atoms with van der Waals surface area (Å²) in [5.41, 5.74) is 0.221. The van der Waals surface area contributed by atoms with Crippen LogP contribution in [-0.4, -0.2) is 28.6 Å². The van der Waals surface area contributed by atoms with Gasteiger partial charge in [0.1, 0.15) is 17.1 Å². The van der Waals surface area contributed by atoms with Crippen LogP contribution in [0.1, 0.15) is 55.8 Å². The fraction of sp³-hybridized carbons (Fsp3) is 0.500. The van der Waals surface area contributed by atoms with Gasteiger partial charge in [0.15, 0.2) is 5.78 Å². The Morgan fingerprint density at radius 1 is 1.10 bits per heavy atom. The zero-order chi connectivity index (χ0) is 15.7. The first-order chi connectivity index (χ1) is 10.0. The van der Waals surface area contributed by atoms with Crippen LogP contribution in [0, 0.1) is 0 Å². The number of unbranched alkanes of at least 4 members (excludes halogenated alkanes) is 4. The third kappa shape index (κ3) is 6.29. The van der Waals surface area contributed by atoms with E-state index in [0.717, 1.165) is 25.7 Å². The summed E-state index contributed by atoms with van der Waals surface area (Å²) in [6.07, 6.45) is 4.58. The number of carbonyl (C=O) groups is 2. The Bertz CT molecular complexity index is 482. The van der Waals surface area contributed by atoms with Gasteiger partial charge in [-0.25, -0.2) is 0 Å². The van der Waals surface area contributed by atoms with Crippen LogP contribution in [0.2, 0.25) is 0 Å². The lowest BCUT2D eigenvalue weighted by Gasteiger charge is -2.10. The predicted molar refractivity (Wildman–Crippen MR) is 78.9 cm³/mol. The lowest BCUT2D eigenvalue weighted by Crippen LogP contribution is -2.03. The van der Waals surface area contributed by atoms with Gasteiger partial charge in [-0.05, 0) is 31.9 Å². The molecule has 1 aromatic rings. The van der Waals surface area contributed by atoms with Gasteiger partial charge in [0.2, 0.25) is 0 Å². The summed E-state index contributed by atoms with van der Waals surface area (Å²) in [6, 6.07) is 4.78. The molecule has 5 heteroatoms. The standard InChI is InChI=1S/C16H22O5/c1-12(17)16-13(18)8-7-9-14(16)21-11-6-4-2-3-5-10-15(19)20/h7-9,18H,2-6,10-11H2,1H3,(H,19,20). The molecule has 0 aliphatic heterocycles. The Labute approximate surface area is 124 Å². The summed E-state index contributed by atoms with van der Waals surface area (Å²) in [7, 11) is 0. The summed E-state index contributed by atoms with van der Waals surface area (Å²) in [6.45, 7) is 1.87. The minimum atomic E-state index is -0.751. The number of phenolic OH excluding ortho intramolecular Hbond substituents is 1. The van der Waals surface area contributed by atoms with Crippen LogP contribution in [0.5, 0.6) is 11.5 Å². The van der Waals surface area contributed by atoms with E-state index in [1.165, 1.54) is 13.0 Å². The molecule has 0 fully saturated rings. The van der Waals surface area contributed by atoms with Gasteiger partial charge >= 0.3 is 5.97 Å². The fourth-order valence-corrected chi connectivity index (χ4v) is 2.08. The molecule has 2 N–H and O–H groups in total. The van der Waals surface area contributed by atoms with E-state index in [2.05, 4.69) is 0 Å². The Morgan fingerprint density at radius 2 is 1.76 bits per heavy atom. The monoisotopic (exact) mass is 294 g/mol. The van der Waals surface area contributed by atoms with Crippen molar-refractivity contribution >= 4 is 11.8 Å². The second kappa shape index (κ2) is 9.00. The molecule has 5 nitrogen and oxygen atoms in total. The number of hydrogen-bond donors (Lipinski definition) is 2. The highest BCUT2D eigenvalue weighted by atomic mass is 16.5. The quantitative estimate of drug-likeness (QED) is 0.510. The maximum atomic E-state index is 11.5. The normalized spacial score (nSPS) is 10.3. The lowest BCUT2D eigenvalue weighted by molar-refractivity contribution is -0.137. The average molecular weight is 294 g/mol. The molecule has 0 bridgehead atoms. The highest BCUT2D eigenvalue weighted by molar-refractivity contribution is 5.99. The van der Waals surface area contributed by atoms with Crippen molar-refractivity contribution < 1.29 is 24.5 Å². The lowest BCUT2D eigenvalue weighted by atomic mass is 10.1. The molecule has 0 heterocycles. The minimum absolute atomic E-state index is 0.0614. The van der Waals surface area contributed by atoms with Crippen molar-refractivity contribution in [2.24, 2.45) is 0 Å². The van der Waals surface area contributed by atoms with E-state index in [9.17, 15) is 14.7 Å². The van der Waals surface area contributed by atoms with Gasteiger partial charge in [0.25, 0.3) is 0 Å². The summed E-state index contributed by atoms with van der Waals surface area (Å²) < 4.78 is 5.55. The molecule has 0 saturated carbocycles. The van der Waals surface area contributed by atoms with E-state index in [0.29, 0.717) is 18.8 Å². The Hall–Kier alpha value is -2.04. The van der Waals surface area contributed by atoms with Gasteiger partial charge < -0.3 is 14.9 Å².